The van der Waals surface area contributed by atoms with Gasteiger partial charge in [-0.2, -0.15) is 5.10 Å². The maximum Gasteiger partial charge on any atom is 0.162 e. The fourth-order valence-electron chi connectivity index (χ4n) is 2.04. The van der Waals surface area contributed by atoms with Gasteiger partial charge in [0.25, 0.3) is 0 Å². The minimum absolute atomic E-state index is 0.409. The number of alkyl halides is 1. The highest BCUT2D eigenvalue weighted by molar-refractivity contribution is 9.10. The van der Waals surface area contributed by atoms with Gasteiger partial charge in [-0.05, 0) is 40.0 Å². The molecular weight excluding hydrogens is 356 g/mol. The molecule has 4 nitrogen and oxygen atoms in total. The number of nitrogens with zero attached hydrogens (tertiary/aromatic N) is 2. The minimum Gasteiger partial charge on any atom is -0.493 e. The van der Waals surface area contributed by atoms with Crippen LogP contribution in [-0.2, 0) is 26.0 Å². The highest BCUT2D eigenvalue weighted by Crippen LogP contribution is 2.30. The molecule has 0 aliphatic heterocycles. The van der Waals surface area contributed by atoms with Gasteiger partial charge in [-0.3, -0.25) is 4.68 Å². The van der Waals surface area contributed by atoms with E-state index in [-0.39, 0.29) is 0 Å². The van der Waals surface area contributed by atoms with Crippen LogP contribution < -0.4 is 9.47 Å². The molecule has 0 atom stereocenters. The van der Waals surface area contributed by atoms with Crippen LogP contribution in [0.5, 0.6) is 11.5 Å². The van der Waals surface area contributed by atoms with Gasteiger partial charge in [0.05, 0.1) is 23.0 Å². The fourth-order valence-corrected chi connectivity index (χ4v) is 2.94. The van der Waals surface area contributed by atoms with Gasteiger partial charge in [0.1, 0.15) is 6.61 Å². The molecule has 6 heteroatoms. The van der Waals surface area contributed by atoms with Crippen LogP contribution in [0, 0.1) is 0 Å². The zero-order valence-corrected chi connectivity index (χ0v) is 14.7. The number of methoxy groups -OCH3 is 1. The van der Waals surface area contributed by atoms with Gasteiger partial charge in [-0.25, -0.2) is 0 Å². The van der Waals surface area contributed by atoms with E-state index in [1.165, 1.54) is 0 Å². The summed E-state index contributed by atoms with van der Waals surface area (Å²) >= 11 is 9.45. The van der Waals surface area contributed by atoms with Crippen molar-refractivity contribution in [2.45, 2.75) is 25.8 Å². The third-order valence-corrected chi connectivity index (χ3v) is 4.47. The van der Waals surface area contributed by atoms with E-state index in [0.29, 0.717) is 24.0 Å². The van der Waals surface area contributed by atoms with Crippen LogP contribution >= 0.6 is 27.5 Å². The van der Waals surface area contributed by atoms with Crippen LogP contribution in [0.1, 0.15) is 23.9 Å². The Morgan fingerprint density at radius 1 is 1.33 bits per heavy atom. The standard InChI is InChI=1S/C15H18BrClN2O2/c1-4-11-15(16)12(19(2)18-11)9-21-14-7-10(8-17)5-6-13(14)20-3/h5-7H,4,8-9H2,1-3H3. The van der Waals surface area contributed by atoms with Crippen molar-refractivity contribution in [2.75, 3.05) is 7.11 Å². The number of aromatic nitrogens is 2. The minimum atomic E-state index is 0.409. The first kappa shape index (κ1) is 16.2. The Morgan fingerprint density at radius 2 is 2.10 bits per heavy atom. The van der Waals surface area contributed by atoms with E-state index in [4.69, 9.17) is 21.1 Å². The Kier molecular flexibility index (Phi) is 5.53. The number of halogens is 2. The maximum absolute atomic E-state index is 5.90. The molecule has 114 valence electrons. The number of hydrogen-bond donors (Lipinski definition) is 0. The molecule has 0 aliphatic rings. The van der Waals surface area contributed by atoms with Crippen molar-refractivity contribution in [3.8, 4) is 11.5 Å². The molecule has 21 heavy (non-hydrogen) atoms. The van der Waals surface area contributed by atoms with Gasteiger partial charge >= 0.3 is 0 Å². The molecule has 0 saturated heterocycles. The lowest BCUT2D eigenvalue weighted by Gasteiger charge is -2.12. The summed E-state index contributed by atoms with van der Waals surface area (Å²) in [6, 6.07) is 5.69. The molecule has 2 rings (SSSR count). The number of benzene rings is 1. The number of hydrogen-bond acceptors (Lipinski definition) is 3. The summed E-state index contributed by atoms with van der Waals surface area (Å²) < 4.78 is 14.1. The van der Waals surface area contributed by atoms with Gasteiger partial charge in [0, 0.05) is 12.9 Å². The lowest BCUT2D eigenvalue weighted by molar-refractivity contribution is 0.275. The van der Waals surface area contributed by atoms with Crippen LogP contribution in [0.4, 0.5) is 0 Å². The van der Waals surface area contributed by atoms with Gasteiger partial charge in [-0.1, -0.05) is 13.0 Å². The predicted octanol–water partition coefficient (Wildman–Crippen LogP) is 4.07. The van der Waals surface area contributed by atoms with Crippen LogP contribution in [0.2, 0.25) is 0 Å². The van der Waals surface area contributed by atoms with Crippen LogP contribution in [0.25, 0.3) is 0 Å². The van der Waals surface area contributed by atoms with E-state index >= 15 is 0 Å². The Hall–Kier alpha value is -1.20. The summed E-state index contributed by atoms with van der Waals surface area (Å²) in [6.07, 6.45) is 0.874. The molecule has 0 spiro atoms. The van der Waals surface area contributed by atoms with Crippen molar-refractivity contribution >= 4 is 27.5 Å². The molecule has 2 aromatic rings. The molecule has 0 aliphatic carbocycles. The SMILES string of the molecule is CCc1nn(C)c(COc2cc(CCl)ccc2OC)c1Br. The summed E-state index contributed by atoms with van der Waals surface area (Å²) in [5, 5.41) is 4.45. The normalized spacial score (nSPS) is 10.7. The molecule has 0 fully saturated rings. The largest absolute Gasteiger partial charge is 0.493 e. The molecule has 1 heterocycles. The lowest BCUT2D eigenvalue weighted by atomic mass is 10.2. The number of ether oxygens (including phenoxy) is 2. The zero-order valence-electron chi connectivity index (χ0n) is 12.3. The molecule has 0 radical (unpaired) electrons. The first-order valence-electron chi connectivity index (χ1n) is 6.66. The zero-order chi connectivity index (χ0) is 15.4. The van der Waals surface area contributed by atoms with Crippen LogP contribution in [-0.4, -0.2) is 16.9 Å². The van der Waals surface area contributed by atoms with Crippen LogP contribution in [0.3, 0.4) is 0 Å². The molecule has 0 unspecified atom stereocenters. The summed E-state index contributed by atoms with van der Waals surface area (Å²) in [5.41, 5.74) is 3.01. The van der Waals surface area contributed by atoms with Crippen LogP contribution in [0.15, 0.2) is 22.7 Å². The van der Waals surface area contributed by atoms with Gasteiger partial charge in [0.15, 0.2) is 11.5 Å². The molecular formula is C15H18BrClN2O2. The maximum atomic E-state index is 5.90. The molecule has 1 aromatic carbocycles. The van der Waals surface area contributed by atoms with Crippen molar-refractivity contribution < 1.29 is 9.47 Å². The Balaban J connectivity index is 2.21. The van der Waals surface area contributed by atoms with Crippen molar-refractivity contribution in [2.24, 2.45) is 7.05 Å². The molecule has 0 amide bonds. The summed E-state index contributed by atoms with van der Waals surface area (Å²) in [4.78, 5) is 0. The van der Waals surface area contributed by atoms with Gasteiger partial charge in [-0.15, -0.1) is 11.6 Å². The fraction of sp³-hybridized carbons (Fsp3) is 0.400. The molecule has 1 aromatic heterocycles. The van der Waals surface area contributed by atoms with E-state index in [0.717, 1.165) is 27.8 Å². The second kappa shape index (κ2) is 7.18. The molecule has 0 N–H and O–H groups in total. The van der Waals surface area contributed by atoms with Gasteiger partial charge in [0.2, 0.25) is 0 Å². The van der Waals surface area contributed by atoms with E-state index in [9.17, 15) is 0 Å². The van der Waals surface area contributed by atoms with Crippen molar-refractivity contribution in [3.63, 3.8) is 0 Å². The highest BCUT2D eigenvalue weighted by Gasteiger charge is 2.14. The van der Waals surface area contributed by atoms with Crippen molar-refractivity contribution in [3.05, 3.63) is 39.6 Å². The van der Waals surface area contributed by atoms with Crippen molar-refractivity contribution in [1.29, 1.82) is 0 Å². The third kappa shape index (κ3) is 3.52. The van der Waals surface area contributed by atoms with E-state index in [1.54, 1.807) is 7.11 Å². The predicted molar refractivity (Wildman–Crippen MR) is 87.2 cm³/mol. The third-order valence-electron chi connectivity index (χ3n) is 3.25. The first-order valence-corrected chi connectivity index (χ1v) is 7.99. The molecule has 0 saturated carbocycles. The number of aryl methyl sites for hydroxylation is 2. The molecule has 0 bridgehead atoms. The second-order valence-electron chi connectivity index (χ2n) is 4.59. The van der Waals surface area contributed by atoms with Gasteiger partial charge < -0.3 is 9.47 Å². The highest BCUT2D eigenvalue weighted by atomic mass is 79.9. The Bertz CT molecular complexity index is 628. The van der Waals surface area contributed by atoms with E-state index < -0.39 is 0 Å². The van der Waals surface area contributed by atoms with E-state index in [2.05, 4.69) is 28.0 Å². The average molecular weight is 374 g/mol. The summed E-state index contributed by atoms with van der Waals surface area (Å²) in [7, 11) is 3.53. The lowest BCUT2D eigenvalue weighted by Crippen LogP contribution is -2.04. The monoisotopic (exact) mass is 372 g/mol. The first-order chi connectivity index (χ1) is 10.1. The topological polar surface area (TPSA) is 36.3 Å². The van der Waals surface area contributed by atoms with E-state index in [1.807, 2.05) is 29.9 Å². The van der Waals surface area contributed by atoms with Crippen molar-refractivity contribution in [1.82, 2.24) is 9.78 Å². The average Bonchev–Trinajstić information content (AvgIpc) is 2.79. The Labute approximate surface area is 138 Å². The summed E-state index contributed by atoms with van der Waals surface area (Å²) in [6.45, 7) is 2.48. The smallest absolute Gasteiger partial charge is 0.162 e. The Morgan fingerprint density at radius 3 is 2.67 bits per heavy atom. The number of rotatable bonds is 6. The quantitative estimate of drug-likeness (QED) is 0.716. The summed E-state index contributed by atoms with van der Waals surface area (Å²) in [5.74, 6) is 1.81. The second-order valence-corrected chi connectivity index (χ2v) is 5.65.